The Labute approximate surface area is 332 Å². The number of hydrogen-bond acceptors (Lipinski definition) is 12. The first-order chi connectivity index (χ1) is 27.8. The number of nitrogen functional groups attached to an aromatic ring is 1. The Kier molecular flexibility index (Phi) is 11.4. The Hall–Kier alpha value is -5.84. The molecule has 2 atom stereocenters. The van der Waals surface area contributed by atoms with Crippen LogP contribution in [0.15, 0.2) is 84.0 Å². The lowest BCUT2D eigenvalue weighted by Crippen LogP contribution is -2.52. The summed E-state index contributed by atoms with van der Waals surface area (Å²) in [5.74, 6) is 1.39. The molecule has 3 aromatic carbocycles. The van der Waals surface area contributed by atoms with Crippen LogP contribution in [-0.2, 0) is 30.4 Å². The van der Waals surface area contributed by atoms with Crippen molar-refractivity contribution in [2.75, 3.05) is 51.0 Å². The van der Waals surface area contributed by atoms with Crippen LogP contribution in [0.4, 0.5) is 5.82 Å². The van der Waals surface area contributed by atoms with Crippen LogP contribution in [0.2, 0.25) is 0 Å². The molecule has 5 aromatic rings. The van der Waals surface area contributed by atoms with Gasteiger partial charge in [-0.2, -0.15) is 5.10 Å². The largest absolute Gasteiger partial charge is 0.457 e. The molecule has 2 saturated heterocycles. The van der Waals surface area contributed by atoms with E-state index in [0.717, 1.165) is 34.6 Å². The van der Waals surface area contributed by atoms with E-state index in [1.807, 2.05) is 76.3 Å². The molecule has 3 aliphatic heterocycles. The molecule has 2 fully saturated rings. The Morgan fingerprint density at radius 1 is 0.912 bits per heavy atom. The van der Waals surface area contributed by atoms with Gasteiger partial charge in [0, 0.05) is 47.8 Å². The number of carbonyl (C=O) groups is 4. The number of piperidine rings is 2. The fraction of sp³-hybridized carbons (Fsp3) is 0.341. The first kappa shape index (κ1) is 38.1. The number of thioether (sulfide) groups is 1. The van der Waals surface area contributed by atoms with Gasteiger partial charge in [-0.15, -0.1) is 11.8 Å². The number of amides is 4. The van der Waals surface area contributed by atoms with Crippen LogP contribution in [0.5, 0.6) is 11.5 Å². The summed E-state index contributed by atoms with van der Waals surface area (Å²) in [7, 11) is 0. The van der Waals surface area contributed by atoms with Crippen molar-refractivity contribution in [3.05, 3.63) is 90.3 Å². The van der Waals surface area contributed by atoms with E-state index in [9.17, 15) is 19.2 Å². The maximum atomic E-state index is 13.3. The summed E-state index contributed by atoms with van der Waals surface area (Å²) >= 11 is 1.58. The predicted octanol–water partition coefficient (Wildman–Crippen LogP) is 4.62. The number of likely N-dealkylation sites (tertiary alicyclic amines) is 1. The van der Waals surface area contributed by atoms with Crippen LogP contribution < -0.4 is 15.8 Å². The van der Waals surface area contributed by atoms with Gasteiger partial charge in [-0.1, -0.05) is 24.3 Å². The predicted molar refractivity (Wildman–Crippen MR) is 211 cm³/mol. The van der Waals surface area contributed by atoms with Crippen molar-refractivity contribution in [1.82, 2.24) is 34.9 Å². The molecule has 0 aliphatic carbocycles. The average molecular weight is 791 g/mol. The number of nitrogens with one attached hydrogen (secondary N) is 1. The molecule has 16 heteroatoms. The second kappa shape index (κ2) is 17.1. The average Bonchev–Trinajstić information content (AvgIpc) is 3.79. The molecule has 1 unspecified atom stereocenters. The number of benzene rings is 3. The molecule has 0 bridgehead atoms. The number of fused-ring (bicyclic) bond motifs is 2. The number of para-hydroxylation sites is 1. The highest BCUT2D eigenvalue weighted by molar-refractivity contribution is 7.99. The fourth-order valence-electron chi connectivity index (χ4n) is 7.51. The third kappa shape index (κ3) is 8.33. The van der Waals surface area contributed by atoms with Crippen molar-refractivity contribution in [1.29, 1.82) is 0 Å². The standard InChI is InChI=1S/C41H42N8O7S/c42-38-36-37(26-11-13-29(14-12-26)56-28-7-2-1-3-8-28)46-49(39(36)44-25-43-38)27-6-5-17-47(22-27)35(51)24-55-19-18-54-20-21-57-33-10-4-9-30-31(33)23-48(41(30)53)32-15-16-34(50)45-40(32)52/h1-4,7-14,25,27,32H,5-6,15-24H2,(H2,42,43,44)(H,45,50,52)/t27-,32?/m1/s1. The summed E-state index contributed by atoms with van der Waals surface area (Å²) in [5, 5.41) is 8.00. The van der Waals surface area contributed by atoms with Crippen LogP contribution >= 0.6 is 11.8 Å². The van der Waals surface area contributed by atoms with Gasteiger partial charge in [0.25, 0.3) is 5.91 Å². The number of ether oxygens (including phenoxy) is 3. The molecule has 3 N–H and O–H groups in total. The van der Waals surface area contributed by atoms with Gasteiger partial charge in [-0.3, -0.25) is 24.5 Å². The third-order valence-corrected chi connectivity index (χ3v) is 11.4. The minimum Gasteiger partial charge on any atom is -0.457 e. The lowest BCUT2D eigenvalue weighted by atomic mass is 10.0. The molecule has 0 spiro atoms. The van der Waals surface area contributed by atoms with Crippen LogP contribution in [0.1, 0.15) is 47.6 Å². The van der Waals surface area contributed by atoms with Crippen molar-refractivity contribution < 1.29 is 33.4 Å². The first-order valence-electron chi connectivity index (χ1n) is 19.0. The molecule has 8 rings (SSSR count). The first-order valence-corrected chi connectivity index (χ1v) is 20.0. The lowest BCUT2D eigenvalue weighted by molar-refractivity contribution is -0.138. The molecule has 4 amide bonds. The SMILES string of the molecule is Nc1ncnc2c1c(-c1ccc(Oc3ccccc3)cc1)nn2[C@@H]1CCCN(C(=O)COCCOCCSc2cccc3c2CN(C2CCC(=O)NC2=O)C3=O)C1. The summed E-state index contributed by atoms with van der Waals surface area (Å²) in [5.41, 5.74) is 9.98. The van der Waals surface area contributed by atoms with Crippen LogP contribution in [0, 0.1) is 0 Å². The number of rotatable bonds is 14. The Morgan fingerprint density at radius 2 is 1.72 bits per heavy atom. The lowest BCUT2D eigenvalue weighted by Gasteiger charge is -2.33. The number of anilines is 1. The highest BCUT2D eigenvalue weighted by Crippen LogP contribution is 2.36. The van der Waals surface area contributed by atoms with Crippen molar-refractivity contribution >= 4 is 52.2 Å². The molecule has 2 aromatic heterocycles. The number of imide groups is 1. The quantitative estimate of drug-likeness (QED) is 0.0906. The van der Waals surface area contributed by atoms with Gasteiger partial charge >= 0.3 is 0 Å². The van der Waals surface area contributed by atoms with Gasteiger partial charge < -0.3 is 29.7 Å². The zero-order chi connectivity index (χ0) is 39.3. The molecule has 5 heterocycles. The van der Waals surface area contributed by atoms with E-state index < -0.39 is 11.9 Å². The third-order valence-electron chi connectivity index (χ3n) is 10.3. The van der Waals surface area contributed by atoms with Crippen molar-refractivity contribution in [2.45, 2.75) is 49.2 Å². The van der Waals surface area contributed by atoms with E-state index in [-0.39, 0.29) is 43.4 Å². The van der Waals surface area contributed by atoms with Crippen molar-refractivity contribution in [3.8, 4) is 22.8 Å². The summed E-state index contributed by atoms with van der Waals surface area (Å²) in [6.07, 6.45) is 3.60. The molecular weight excluding hydrogens is 749 g/mol. The number of aromatic nitrogens is 4. The highest BCUT2D eigenvalue weighted by atomic mass is 32.2. The molecule has 15 nitrogen and oxygen atoms in total. The molecule has 294 valence electrons. The summed E-state index contributed by atoms with van der Waals surface area (Å²) in [6.45, 7) is 2.39. The van der Waals surface area contributed by atoms with E-state index in [2.05, 4.69) is 15.3 Å². The van der Waals surface area contributed by atoms with Gasteiger partial charge in [-0.05, 0) is 73.4 Å². The number of carbonyl (C=O) groups excluding carboxylic acids is 4. The van der Waals surface area contributed by atoms with Crippen LogP contribution in [-0.4, -0.2) is 104 Å². The Morgan fingerprint density at radius 3 is 2.54 bits per heavy atom. The minimum atomic E-state index is -0.650. The minimum absolute atomic E-state index is 0.0592. The van der Waals surface area contributed by atoms with Gasteiger partial charge in [0.2, 0.25) is 17.7 Å². The van der Waals surface area contributed by atoms with E-state index in [0.29, 0.717) is 78.9 Å². The van der Waals surface area contributed by atoms with E-state index in [1.165, 1.54) is 6.33 Å². The second-order valence-electron chi connectivity index (χ2n) is 14.0. The van der Waals surface area contributed by atoms with Gasteiger partial charge in [0.15, 0.2) is 5.65 Å². The zero-order valence-electron chi connectivity index (χ0n) is 31.2. The van der Waals surface area contributed by atoms with Gasteiger partial charge in [-0.25, -0.2) is 14.6 Å². The van der Waals surface area contributed by atoms with Crippen molar-refractivity contribution in [3.63, 3.8) is 0 Å². The summed E-state index contributed by atoms with van der Waals surface area (Å²) in [4.78, 5) is 63.5. The zero-order valence-corrected chi connectivity index (χ0v) is 32.0. The maximum absolute atomic E-state index is 13.3. The van der Waals surface area contributed by atoms with Crippen LogP contribution in [0.3, 0.4) is 0 Å². The normalized spacial score (nSPS) is 18.2. The molecule has 57 heavy (non-hydrogen) atoms. The van der Waals surface area contributed by atoms with Gasteiger partial charge in [0.05, 0.1) is 31.2 Å². The molecule has 3 aliphatic rings. The molecule has 0 radical (unpaired) electrons. The van der Waals surface area contributed by atoms with Crippen molar-refractivity contribution in [2.24, 2.45) is 0 Å². The summed E-state index contributed by atoms with van der Waals surface area (Å²) < 4.78 is 19.3. The van der Waals surface area contributed by atoms with E-state index >= 15 is 0 Å². The van der Waals surface area contributed by atoms with Gasteiger partial charge in [0.1, 0.15) is 42.0 Å². The number of nitrogens with zero attached hydrogens (tertiary/aromatic N) is 6. The monoisotopic (exact) mass is 790 g/mol. The topological polar surface area (TPSA) is 184 Å². The van der Waals surface area contributed by atoms with Crippen LogP contribution in [0.25, 0.3) is 22.3 Å². The van der Waals surface area contributed by atoms with E-state index in [1.54, 1.807) is 22.7 Å². The second-order valence-corrected chi connectivity index (χ2v) is 15.2. The number of nitrogens with two attached hydrogens (primary N) is 1. The summed E-state index contributed by atoms with van der Waals surface area (Å²) in [6, 6.07) is 22.0. The fourth-order valence-corrected chi connectivity index (χ4v) is 8.46. The highest BCUT2D eigenvalue weighted by Gasteiger charge is 2.40. The molecule has 0 saturated carbocycles. The van der Waals surface area contributed by atoms with E-state index in [4.69, 9.17) is 25.0 Å². The maximum Gasteiger partial charge on any atom is 0.255 e. The Bertz CT molecular complexity index is 2290. The smallest absolute Gasteiger partial charge is 0.255 e. The Balaban J connectivity index is 0.799. The molecular formula is C41H42N8O7S. The number of hydrogen-bond donors (Lipinski definition) is 2.